The molecule has 0 radical (unpaired) electrons. The minimum atomic E-state index is -1.30. The van der Waals surface area contributed by atoms with Crippen molar-refractivity contribution in [3.63, 3.8) is 0 Å². The molecule has 13 nitrogen and oxygen atoms in total. The summed E-state index contributed by atoms with van der Waals surface area (Å²) < 4.78 is 0. The fraction of sp³-hybridized carbons (Fsp3) is 0.619. The molecule has 8 N–H and O–H groups in total. The van der Waals surface area contributed by atoms with E-state index < -0.39 is 41.8 Å². The number of rotatable bonds is 13. The fourth-order valence-corrected chi connectivity index (χ4v) is 3.60. The zero-order valence-electron chi connectivity index (χ0n) is 19.3. The van der Waals surface area contributed by atoms with Crippen LogP contribution in [-0.2, 0) is 30.4 Å². The number of carbonyl (C=O) groups is 5. The Morgan fingerprint density at radius 3 is 2.38 bits per heavy atom. The molecule has 1 fully saturated rings. The van der Waals surface area contributed by atoms with E-state index in [2.05, 4.69) is 31.2 Å². The van der Waals surface area contributed by atoms with Gasteiger partial charge in [0.05, 0.1) is 12.4 Å². The highest BCUT2D eigenvalue weighted by Crippen LogP contribution is 2.09. The van der Waals surface area contributed by atoms with Gasteiger partial charge in [0, 0.05) is 24.7 Å². The number of carboxylic acids is 1. The van der Waals surface area contributed by atoms with Gasteiger partial charge in [-0.25, -0.2) is 9.78 Å². The number of carboxylic acid groups (broad SMARTS) is 1. The third-order valence-corrected chi connectivity index (χ3v) is 5.53. The number of imidazole rings is 1. The minimum absolute atomic E-state index is 0.0589. The third-order valence-electron chi connectivity index (χ3n) is 5.53. The van der Waals surface area contributed by atoms with E-state index in [1.54, 1.807) is 13.8 Å². The Kier molecular flexibility index (Phi) is 9.98. The van der Waals surface area contributed by atoms with Crippen LogP contribution in [0.25, 0.3) is 0 Å². The summed E-state index contributed by atoms with van der Waals surface area (Å²) in [6.45, 7) is 4.21. The van der Waals surface area contributed by atoms with Crippen LogP contribution in [0.1, 0.15) is 45.2 Å². The highest BCUT2D eigenvalue weighted by atomic mass is 16.4. The molecule has 1 aliphatic rings. The summed E-state index contributed by atoms with van der Waals surface area (Å²) in [6.07, 6.45) is 3.94. The SMILES string of the molecule is CC(C)C(NC(=O)C1CCCN1)C(=O)NC(CCC(N)=O)C(=O)NC(Cc1cnc[nH]1)C(=O)O. The Morgan fingerprint density at radius 2 is 1.85 bits per heavy atom. The van der Waals surface area contributed by atoms with Crippen LogP contribution in [0.2, 0.25) is 0 Å². The molecule has 4 unspecified atom stereocenters. The van der Waals surface area contributed by atoms with Crippen LogP contribution in [-0.4, -0.2) is 75.4 Å². The first-order valence-electron chi connectivity index (χ1n) is 11.2. The number of primary amides is 1. The number of nitrogens with one attached hydrogen (secondary N) is 5. The Hall–Kier alpha value is -3.48. The summed E-state index contributed by atoms with van der Waals surface area (Å²) in [7, 11) is 0. The first-order chi connectivity index (χ1) is 16.1. The molecule has 0 aromatic carbocycles. The second kappa shape index (κ2) is 12.7. The molecule has 0 spiro atoms. The third kappa shape index (κ3) is 8.14. The maximum Gasteiger partial charge on any atom is 0.326 e. The van der Waals surface area contributed by atoms with E-state index in [1.807, 2.05) is 0 Å². The summed E-state index contributed by atoms with van der Waals surface area (Å²) in [5, 5.41) is 20.2. The van der Waals surface area contributed by atoms with Crippen molar-refractivity contribution >= 4 is 29.6 Å². The van der Waals surface area contributed by atoms with Gasteiger partial charge in [-0.05, 0) is 31.7 Å². The van der Waals surface area contributed by atoms with E-state index in [4.69, 9.17) is 5.73 Å². The van der Waals surface area contributed by atoms with Crippen molar-refractivity contribution in [2.75, 3.05) is 6.54 Å². The molecule has 1 saturated heterocycles. The number of nitrogens with zero attached hydrogens (tertiary/aromatic N) is 1. The standard InChI is InChI=1S/C21H33N7O6/c1-11(2)17(28-18(30)13-4-3-7-24-13)20(32)26-14(5-6-16(22)29)19(31)27-15(21(33)34)8-12-9-23-10-25-12/h9-11,13-15,17,24H,3-8H2,1-2H3,(H2,22,29)(H,23,25)(H,26,32)(H,27,31)(H,28,30)(H,33,34). The Morgan fingerprint density at radius 1 is 1.15 bits per heavy atom. The molecular weight excluding hydrogens is 446 g/mol. The van der Waals surface area contributed by atoms with Gasteiger partial charge in [-0.1, -0.05) is 13.8 Å². The van der Waals surface area contributed by atoms with Gasteiger partial charge in [-0.15, -0.1) is 0 Å². The first-order valence-corrected chi connectivity index (χ1v) is 11.2. The van der Waals surface area contributed by atoms with E-state index in [0.29, 0.717) is 12.1 Å². The molecular formula is C21H33N7O6. The van der Waals surface area contributed by atoms with Crippen LogP contribution >= 0.6 is 0 Å². The monoisotopic (exact) mass is 479 g/mol. The molecule has 0 aliphatic carbocycles. The largest absolute Gasteiger partial charge is 0.480 e. The van der Waals surface area contributed by atoms with E-state index >= 15 is 0 Å². The molecule has 2 rings (SSSR count). The summed E-state index contributed by atoms with van der Waals surface area (Å²) in [6, 6.07) is -3.85. The fourth-order valence-electron chi connectivity index (χ4n) is 3.60. The number of nitrogens with two attached hydrogens (primary N) is 1. The van der Waals surface area contributed by atoms with Crippen molar-refractivity contribution in [2.24, 2.45) is 11.7 Å². The lowest BCUT2D eigenvalue weighted by atomic mass is 10.0. The van der Waals surface area contributed by atoms with Crippen molar-refractivity contribution in [3.05, 3.63) is 18.2 Å². The van der Waals surface area contributed by atoms with Gasteiger partial charge in [0.15, 0.2) is 0 Å². The van der Waals surface area contributed by atoms with E-state index in [-0.39, 0.29) is 37.1 Å². The van der Waals surface area contributed by atoms with Crippen LogP contribution in [0.4, 0.5) is 0 Å². The van der Waals surface area contributed by atoms with Crippen LogP contribution in [0.5, 0.6) is 0 Å². The van der Waals surface area contributed by atoms with Crippen molar-refractivity contribution in [3.8, 4) is 0 Å². The van der Waals surface area contributed by atoms with Crippen LogP contribution in [0.15, 0.2) is 12.5 Å². The molecule has 188 valence electrons. The Bertz CT molecular complexity index is 867. The van der Waals surface area contributed by atoms with Crippen LogP contribution in [0.3, 0.4) is 0 Å². The molecule has 4 amide bonds. The summed E-state index contributed by atoms with van der Waals surface area (Å²) in [4.78, 5) is 67.9. The number of hydrogen-bond donors (Lipinski definition) is 7. The predicted octanol–water partition coefficient (Wildman–Crippen LogP) is -1.84. The second-order valence-electron chi connectivity index (χ2n) is 8.63. The van der Waals surface area contributed by atoms with Crippen molar-refractivity contribution in [2.45, 2.75) is 70.1 Å². The quantitative estimate of drug-likeness (QED) is 0.171. The van der Waals surface area contributed by atoms with Gasteiger partial charge in [-0.3, -0.25) is 19.2 Å². The molecule has 1 aromatic heterocycles. The lowest BCUT2D eigenvalue weighted by Gasteiger charge is -2.27. The summed E-state index contributed by atoms with van der Waals surface area (Å²) in [5.74, 6) is -3.97. The number of aromatic nitrogens is 2. The highest BCUT2D eigenvalue weighted by molar-refractivity contribution is 5.94. The van der Waals surface area contributed by atoms with E-state index in [1.165, 1.54) is 12.5 Å². The van der Waals surface area contributed by atoms with Gasteiger partial charge in [-0.2, -0.15) is 0 Å². The number of hydrogen-bond acceptors (Lipinski definition) is 7. The van der Waals surface area contributed by atoms with E-state index in [9.17, 15) is 29.1 Å². The lowest BCUT2D eigenvalue weighted by molar-refractivity contribution is -0.142. The van der Waals surface area contributed by atoms with Crippen LogP contribution in [0, 0.1) is 5.92 Å². The predicted molar refractivity (Wildman–Crippen MR) is 120 cm³/mol. The number of carbonyl (C=O) groups excluding carboxylic acids is 4. The Balaban J connectivity index is 2.09. The zero-order valence-corrected chi connectivity index (χ0v) is 19.3. The smallest absolute Gasteiger partial charge is 0.326 e. The van der Waals surface area contributed by atoms with Gasteiger partial charge < -0.3 is 37.1 Å². The molecule has 1 aromatic rings. The average molecular weight is 480 g/mol. The summed E-state index contributed by atoms with van der Waals surface area (Å²) in [5.41, 5.74) is 5.70. The number of aromatic amines is 1. The number of aliphatic carboxylic acids is 1. The summed E-state index contributed by atoms with van der Waals surface area (Å²) >= 11 is 0. The van der Waals surface area contributed by atoms with Gasteiger partial charge >= 0.3 is 5.97 Å². The maximum absolute atomic E-state index is 13.0. The van der Waals surface area contributed by atoms with Gasteiger partial charge in [0.1, 0.15) is 18.1 Å². The number of H-pyrrole nitrogens is 1. The van der Waals surface area contributed by atoms with Gasteiger partial charge in [0.2, 0.25) is 23.6 Å². The molecule has 4 atom stereocenters. The highest BCUT2D eigenvalue weighted by Gasteiger charge is 2.33. The first kappa shape index (κ1) is 26.8. The topological polar surface area (TPSA) is 208 Å². The van der Waals surface area contributed by atoms with E-state index in [0.717, 1.165) is 13.0 Å². The van der Waals surface area contributed by atoms with Crippen LogP contribution < -0.4 is 27.0 Å². The molecule has 1 aliphatic heterocycles. The lowest BCUT2D eigenvalue weighted by Crippen LogP contribution is -2.58. The number of amides is 4. The molecule has 0 bridgehead atoms. The molecule has 0 saturated carbocycles. The van der Waals surface area contributed by atoms with Crippen molar-refractivity contribution in [1.82, 2.24) is 31.2 Å². The average Bonchev–Trinajstić information content (AvgIpc) is 3.47. The molecule has 13 heteroatoms. The van der Waals surface area contributed by atoms with Crippen molar-refractivity contribution < 1.29 is 29.1 Å². The minimum Gasteiger partial charge on any atom is -0.480 e. The Labute approximate surface area is 197 Å². The van der Waals surface area contributed by atoms with Gasteiger partial charge in [0.25, 0.3) is 0 Å². The maximum atomic E-state index is 13.0. The molecule has 2 heterocycles. The molecule has 34 heavy (non-hydrogen) atoms. The zero-order chi connectivity index (χ0) is 25.3. The normalized spacial score (nSPS) is 18.0. The van der Waals surface area contributed by atoms with Crippen molar-refractivity contribution in [1.29, 1.82) is 0 Å². The second-order valence-corrected chi connectivity index (χ2v) is 8.63.